The summed E-state index contributed by atoms with van der Waals surface area (Å²) in [4.78, 5) is 25.0. The number of carbonyl (C=O) groups is 2. The Bertz CT molecular complexity index is 1170. The molecule has 2 N–H and O–H groups in total. The summed E-state index contributed by atoms with van der Waals surface area (Å²) in [5.41, 5.74) is 1.16. The predicted octanol–water partition coefficient (Wildman–Crippen LogP) is 5.86. The molecule has 0 bridgehead atoms. The Labute approximate surface area is 217 Å². The summed E-state index contributed by atoms with van der Waals surface area (Å²) in [5, 5.41) is 15.4. The molecule has 2 aromatic carbocycles. The first-order valence-electron chi connectivity index (χ1n) is 9.76. The van der Waals surface area contributed by atoms with Crippen molar-refractivity contribution in [1.82, 2.24) is 20.1 Å². The SMILES string of the molecule is C=CCn1c(SCC(=O)Nc2cc(Br)ccc2Br)nnc1[C@H](C)NC(=O)c1ccc(Cl)cc1. The van der Waals surface area contributed by atoms with E-state index in [2.05, 4.69) is 59.3 Å². The normalized spacial score (nSPS) is 11.6. The maximum atomic E-state index is 12.6. The zero-order valence-electron chi connectivity index (χ0n) is 17.5. The quantitative estimate of drug-likeness (QED) is 0.233. The number of hydrogen-bond donors (Lipinski definition) is 2. The Hall–Kier alpha value is -2.14. The highest BCUT2D eigenvalue weighted by atomic mass is 79.9. The fourth-order valence-electron chi connectivity index (χ4n) is 2.88. The van der Waals surface area contributed by atoms with E-state index < -0.39 is 6.04 Å². The molecule has 0 saturated carbocycles. The standard InChI is InChI=1S/C22H20Br2ClN5O2S/c1-3-10-30-20(13(2)26-21(32)14-4-7-16(25)8-5-14)28-29-22(30)33-12-19(31)27-18-11-15(23)6-9-17(18)24/h3-9,11,13H,1,10,12H2,2H3,(H,26,32)(H,27,31)/t13-/m0/s1. The minimum Gasteiger partial charge on any atom is -0.342 e. The first kappa shape index (κ1) is 25.5. The Morgan fingerprint density at radius 3 is 2.64 bits per heavy atom. The van der Waals surface area contributed by atoms with E-state index >= 15 is 0 Å². The molecule has 172 valence electrons. The minimum absolute atomic E-state index is 0.139. The number of nitrogens with one attached hydrogen (secondary N) is 2. The lowest BCUT2D eigenvalue weighted by atomic mass is 10.2. The van der Waals surface area contributed by atoms with Crippen LogP contribution < -0.4 is 10.6 Å². The number of hydrogen-bond acceptors (Lipinski definition) is 5. The molecular formula is C22H20Br2ClN5O2S. The van der Waals surface area contributed by atoms with E-state index in [9.17, 15) is 9.59 Å². The van der Waals surface area contributed by atoms with Crippen LogP contribution in [0.2, 0.25) is 5.02 Å². The molecule has 0 unspecified atom stereocenters. The predicted molar refractivity (Wildman–Crippen MR) is 139 cm³/mol. The smallest absolute Gasteiger partial charge is 0.251 e. The van der Waals surface area contributed by atoms with Gasteiger partial charge in [0.05, 0.1) is 17.5 Å². The fourth-order valence-corrected chi connectivity index (χ4v) is 4.47. The van der Waals surface area contributed by atoms with Gasteiger partial charge in [0.1, 0.15) is 0 Å². The van der Waals surface area contributed by atoms with E-state index in [1.807, 2.05) is 29.7 Å². The van der Waals surface area contributed by atoms with Crippen LogP contribution in [-0.2, 0) is 11.3 Å². The summed E-state index contributed by atoms with van der Waals surface area (Å²) in [6.45, 7) is 6.05. The van der Waals surface area contributed by atoms with Gasteiger partial charge in [-0.3, -0.25) is 9.59 Å². The molecule has 11 heteroatoms. The van der Waals surface area contributed by atoms with E-state index in [4.69, 9.17) is 11.6 Å². The van der Waals surface area contributed by atoms with E-state index in [-0.39, 0.29) is 17.6 Å². The molecule has 3 aromatic rings. The summed E-state index contributed by atoms with van der Waals surface area (Å²) in [5.74, 6) is 0.271. The Morgan fingerprint density at radius 1 is 1.21 bits per heavy atom. The van der Waals surface area contributed by atoms with Crippen LogP contribution in [0.15, 0.2) is 69.2 Å². The van der Waals surface area contributed by atoms with Gasteiger partial charge in [-0.2, -0.15) is 0 Å². The van der Waals surface area contributed by atoms with Gasteiger partial charge >= 0.3 is 0 Å². The third kappa shape index (κ3) is 6.92. The lowest BCUT2D eigenvalue weighted by molar-refractivity contribution is -0.113. The van der Waals surface area contributed by atoms with Gasteiger partial charge < -0.3 is 15.2 Å². The van der Waals surface area contributed by atoms with Crippen LogP contribution in [0.5, 0.6) is 0 Å². The first-order valence-corrected chi connectivity index (χ1v) is 12.7. The number of carbonyl (C=O) groups excluding carboxylic acids is 2. The number of rotatable bonds is 9. The van der Waals surface area contributed by atoms with Crippen molar-refractivity contribution in [3.05, 3.63) is 80.5 Å². The Balaban J connectivity index is 1.67. The van der Waals surface area contributed by atoms with Crippen LogP contribution in [0.4, 0.5) is 5.69 Å². The van der Waals surface area contributed by atoms with Crippen molar-refractivity contribution in [1.29, 1.82) is 0 Å². The maximum absolute atomic E-state index is 12.6. The fraction of sp³-hybridized carbons (Fsp3) is 0.182. The molecule has 3 rings (SSSR count). The van der Waals surface area contributed by atoms with Crippen molar-refractivity contribution in [3.63, 3.8) is 0 Å². The number of allylic oxidation sites excluding steroid dienone is 1. The van der Waals surface area contributed by atoms with Crippen LogP contribution in [-0.4, -0.2) is 32.3 Å². The first-order chi connectivity index (χ1) is 15.8. The largest absolute Gasteiger partial charge is 0.342 e. The maximum Gasteiger partial charge on any atom is 0.251 e. The van der Waals surface area contributed by atoms with Crippen molar-refractivity contribution in [2.45, 2.75) is 24.7 Å². The summed E-state index contributed by atoms with van der Waals surface area (Å²) in [6.07, 6.45) is 1.71. The van der Waals surface area contributed by atoms with Crippen molar-refractivity contribution in [2.24, 2.45) is 0 Å². The highest BCUT2D eigenvalue weighted by Crippen LogP contribution is 2.27. The number of benzene rings is 2. The van der Waals surface area contributed by atoms with Crippen molar-refractivity contribution >= 4 is 72.7 Å². The third-order valence-corrected chi connectivity index (χ3v) is 6.84. The van der Waals surface area contributed by atoms with Crippen LogP contribution >= 0.6 is 55.2 Å². The van der Waals surface area contributed by atoms with E-state index in [0.29, 0.717) is 33.8 Å². The van der Waals surface area contributed by atoms with Crippen molar-refractivity contribution in [3.8, 4) is 0 Å². The summed E-state index contributed by atoms with van der Waals surface area (Å²) < 4.78 is 3.47. The number of halogens is 3. The molecule has 7 nitrogen and oxygen atoms in total. The molecule has 2 amide bonds. The third-order valence-electron chi connectivity index (χ3n) is 4.43. The summed E-state index contributed by atoms with van der Waals surface area (Å²) in [6, 6.07) is 11.8. The number of amides is 2. The van der Waals surface area contributed by atoms with Gasteiger partial charge in [0, 0.05) is 26.1 Å². The Morgan fingerprint density at radius 2 is 1.94 bits per heavy atom. The molecule has 1 aromatic heterocycles. The second-order valence-electron chi connectivity index (χ2n) is 6.90. The summed E-state index contributed by atoms with van der Waals surface area (Å²) in [7, 11) is 0. The molecule has 1 atom stereocenters. The average molecular weight is 614 g/mol. The molecular weight excluding hydrogens is 594 g/mol. The molecule has 0 aliphatic carbocycles. The second kappa shape index (κ2) is 11.8. The van der Waals surface area contributed by atoms with Gasteiger partial charge in [0.25, 0.3) is 5.91 Å². The molecule has 0 radical (unpaired) electrons. The van der Waals surface area contributed by atoms with Crippen LogP contribution in [0, 0.1) is 0 Å². The zero-order valence-corrected chi connectivity index (χ0v) is 22.3. The molecule has 1 heterocycles. The van der Waals surface area contributed by atoms with E-state index in [1.54, 1.807) is 30.3 Å². The molecule has 0 fully saturated rings. The molecule has 0 spiro atoms. The highest BCUT2D eigenvalue weighted by molar-refractivity contribution is 9.11. The molecule has 0 aliphatic heterocycles. The molecule has 33 heavy (non-hydrogen) atoms. The van der Waals surface area contributed by atoms with Gasteiger partial charge in [-0.05, 0) is 65.3 Å². The van der Waals surface area contributed by atoms with Gasteiger partial charge in [0.2, 0.25) is 5.91 Å². The topological polar surface area (TPSA) is 88.9 Å². The van der Waals surface area contributed by atoms with Gasteiger partial charge in [0.15, 0.2) is 11.0 Å². The highest BCUT2D eigenvalue weighted by Gasteiger charge is 2.20. The van der Waals surface area contributed by atoms with E-state index in [1.165, 1.54) is 11.8 Å². The number of aromatic nitrogens is 3. The lowest BCUT2D eigenvalue weighted by Gasteiger charge is -2.15. The minimum atomic E-state index is -0.415. The van der Waals surface area contributed by atoms with Gasteiger partial charge in [-0.25, -0.2) is 0 Å². The number of thioether (sulfide) groups is 1. The molecule has 0 aliphatic rings. The second-order valence-corrected chi connectivity index (χ2v) is 10.1. The van der Waals surface area contributed by atoms with Crippen molar-refractivity contribution < 1.29 is 9.59 Å². The monoisotopic (exact) mass is 611 g/mol. The van der Waals surface area contributed by atoms with Crippen LogP contribution in [0.1, 0.15) is 29.1 Å². The summed E-state index contributed by atoms with van der Waals surface area (Å²) >= 11 is 14.0. The van der Waals surface area contributed by atoms with Crippen LogP contribution in [0.25, 0.3) is 0 Å². The van der Waals surface area contributed by atoms with Gasteiger partial charge in [-0.15, -0.1) is 16.8 Å². The number of anilines is 1. The molecule has 0 saturated heterocycles. The van der Waals surface area contributed by atoms with E-state index in [0.717, 1.165) is 8.95 Å². The lowest BCUT2D eigenvalue weighted by Crippen LogP contribution is -2.28. The number of nitrogens with zero attached hydrogens (tertiary/aromatic N) is 3. The average Bonchev–Trinajstić information content (AvgIpc) is 3.18. The van der Waals surface area contributed by atoms with Crippen LogP contribution in [0.3, 0.4) is 0 Å². The van der Waals surface area contributed by atoms with Gasteiger partial charge in [-0.1, -0.05) is 45.4 Å². The van der Waals surface area contributed by atoms with Crippen molar-refractivity contribution in [2.75, 3.05) is 11.1 Å². The Kier molecular flexibility index (Phi) is 9.13. The zero-order chi connectivity index (χ0) is 24.0.